The van der Waals surface area contributed by atoms with Gasteiger partial charge in [0.15, 0.2) is 0 Å². The quantitative estimate of drug-likeness (QED) is 0.352. The minimum absolute atomic E-state index is 0.853. The van der Waals surface area contributed by atoms with Crippen molar-refractivity contribution in [3.63, 3.8) is 0 Å². The number of unbranched alkanes of at least 4 members (excludes halogenated alkanes) is 1. The molecule has 0 amide bonds. The topological polar surface area (TPSA) is 29.3 Å². The molecule has 0 radical (unpaired) electrons. The van der Waals surface area contributed by atoms with E-state index in [1.54, 1.807) is 0 Å². The van der Waals surface area contributed by atoms with Crippen LogP contribution in [0, 0.1) is 0 Å². The van der Waals surface area contributed by atoms with Gasteiger partial charge in [-0.25, -0.2) is 0 Å². The molecule has 0 aromatic carbocycles. The molecule has 0 heterocycles. The van der Waals surface area contributed by atoms with Gasteiger partial charge in [-0.15, -0.1) is 0 Å². The van der Waals surface area contributed by atoms with E-state index >= 15 is 0 Å². The van der Waals surface area contributed by atoms with Crippen LogP contribution in [0.15, 0.2) is 0 Å². The third-order valence-corrected chi connectivity index (χ3v) is 6.10. The van der Waals surface area contributed by atoms with Crippen LogP contribution in [0.1, 0.15) is 19.8 Å². The number of alkyl halides is 2. The van der Waals surface area contributed by atoms with E-state index in [1.807, 2.05) is 0 Å². The van der Waals surface area contributed by atoms with Gasteiger partial charge in [-0.3, -0.25) is 0 Å². The van der Waals surface area contributed by atoms with Gasteiger partial charge in [0.2, 0.25) is 0 Å². The van der Waals surface area contributed by atoms with Gasteiger partial charge in [-0.05, 0) is 0 Å². The SMILES string of the molecule is CCCCN(C)I(C)CN. The van der Waals surface area contributed by atoms with E-state index in [4.69, 9.17) is 5.73 Å². The van der Waals surface area contributed by atoms with E-state index in [0.29, 0.717) is 0 Å². The fourth-order valence-electron chi connectivity index (χ4n) is 0.638. The van der Waals surface area contributed by atoms with Gasteiger partial charge in [0, 0.05) is 0 Å². The molecule has 64 valence electrons. The molecule has 0 saturated carbocycles. The van der Waals surface area contributed by atoms with Crippen LogP contribution in [0.4, 0.5) is 0 Å². The normalized spacial score (nSPS) is 12.3. The average molecular weight is 258 g/mol. The van der Waals surface area contributed by atoms with Crippen LogP contribution in [0.3, 0.4) is 0 Å². The molecule has 0 atom stereocenters. The maximum atomic E-state index is 5.57. The molecule has 0 fully saturated rings. The van der Waals surface area contributed by atoms with Gasteiger partial charge in [0.1, 0.15) is 0 Å². The van der Waals surface area contributed by atoms with E-state index in [0.717, 1.165) is 4.55 Å². The van der Waals surface area contributed by atoms with Crippen molar-refractivity contribution in [2.45, 2.75) is 19.8 Å². The minimum atomic E-state index is -0.853. The fourth-order valence-corrected chi connectivity index (χ4v) is 2.48. The molecular formula is C7H19IN2. The zero-order valence-corrected chi connectivity index (χ0v) is 9.39. The van der Waals surface area contributed by atoms with Gasteiger partial charge in [0.25, 0.3) is 0 Å². The van der Waals surface area contributed by atoms with Gasteiger partial charge in [0.05, 0.1) is 0 Å². The molecule has 0 aliphatic heterocycles. The molecule has 0 aliphatic rings. The third kappa shape index (κ3) is 4.46. The first kappa shape index (κ1) is 10.7. The number of nitrogens with zero attached hydrogens (tertiary/aromatic N) is 1. The Morgan fingerprint density at radius 1 is 1.50 bits per heavy atom. The van der Waals surface area contributed by atoms with Crippen molar-refractivity contribution in [2.75, 3.05) is 23.1 Å². The van der Waals surface area contributed by atoms with E-state index in [9.17, 15) is 0 Å². The van der Waals surface area contributed by atoms with E-state index in [1.165, 1.54) is 19.4 Å². The summed E-state index contributed by atoms with van der Waals surface area (Å²) < 4.78 is 3.39. The Hall–Kier alpha value is 0.650. The first-order valence-electron chi connectivity index (χ1n) is 3.69. The first-order chi connectivity index (χ1) is 4.72. The van der Waals surface area contributed by atoms with E-state index in [2.05, 4.69) is 22.0 Å². The second-order valence-electron chi connectivity index (χ2n) is 2.39. The summed E-state index contributed by atoms with van der Waals surface area (Å²) in [5.74, 6) is 0. The summed E-state index contributed by atoms with van der Waals surface area (Å²) in [6, 6.07) is 0. The van der Waals surface area contributed by atoms with Crippen molar-refractivity contribution in [3.05, 3.63) is 0 Å². The maximum absolute atomic E-state index is 5.57. The summed E-state index contributed by atoms with van der Waals surface area (Å²) >= 11 is -0.853. The molecule has 0 rings (SSSR count). The first-order valence-corrected chi connectivity index (χ1v) is 8.34. The molecule has 0 bridgehead atoms. The van der Waals surface area contributed by atoms with Crippen LogP contribution in [0.25, 0.3) is 0 Å². The molecule has 0 saturated heterocycles. The summed E-state index contributed by atoms with van der Waals surface area (Å²) in [6.45, 7) is 3.47. The standard InChI is InChI=1S/C7H19IN2/c1-4-5-6-10(3)8(2)7-9/h4-7,9H2,1-3H3. The summed E-state index contributed by atoms with van der Waals surface area (Å²) in [7, 11) is 2.20. The monoisotopic (exact) mass is 258 g/mol. The van der Waals surface area contributed by atoms with Crippen LogP contribution in [0.2, 0.25) is 0 Å². The Morgan fingerprint density at radius 3 is 2.50 bits per heavy atom. The molecule has 3 heteroatoms. The molecule has 0 spiro atoms. The zero-order chi connectivity index (χ0) is 7.98. The Balaban J connectivity index is 3.31. The van der Waals surface area contributed by atoms with E-state index in [-0.39, 0.29) is 0 Å². The fraction of sp³-hybridized carbons (Fsp3) is 1.00. The molecule has 2 N–H and O–H groups in total. The van der Waals surface area contributed by atoms with Crippen molar-refractivity contribution in [1.29, 1.82) is 0 Å². The van der Waals surface area contributed by atoms with E-state index < -0.39 is 20.1 Å². The molecule has 0 unspecified atom stereocenters. The number of nitrogens with two attached hydrogens (primary N) is 1. The molecule has 0 aliphatic carbocycles. The summed E-state index contributed by atoms with van der Waals surface area (Å²) in [4.78, 5) is 2.32. The van der Waals surface area contributed by atoms with Crippen LogP contribution >= 0.6 is 20.1 Å². The van der Waals surface area contributed by atoms with Crippen molar-refractivity contribution in [3.8, 4) is 0 Å². The predicted octanol–water partition coefficient (Wildman–Crippen LogP) is 1.69. The van der Waals surface area contributed by atoms with Gasteiger partial charge < -0.3 is 0 Å². The number of hydrogen-bond donors (Lipinski definition) is 1. The predicted molar refractivity (Wildman–Crippen MR) is 56.5 cm³/mol. The van der Waals surface area contributed by atoms with Gasteiger partial charge in [-0.1, -0.05) is 0 Å². The Bertz CT molecular complexity index is 78.0. The second kappa shape index (κ2) is 6.37. The van der Waals surface area contributed by atoms with Crippen LogP contribution in [-0.2, 0) is 0 Å². The molecular weight excluding hydrogens is 239 g/mol. The molecule has 2 nitrogen and oxygen atoms in total. The van der Waals surface area contributed by atoms with Crippen molar-refractivity contribution in [1.82, 2.24) is 3.11 Å². The number of halogens is 1. The van der Waals surface area contributed by atoms with Gasteiger partial charge in [-0.2, -0.15) is 0 Å². The summed E-state index contributed by atoms with van der Waals surface area (Å²) in [5, 5.41) is 0. The van der Waals surface area contributed by atoms with Crippen molar-refractivity contribution >= 4 is 20.1 Å². The zero-order valence-electron chi connectivity index (χ0n) is 7.23. The van der Waals surface area contributed by atoms with Crippen LogP contribution in [-0.4, -0.2) is 26.2 Å². The molecule has 0 aromatic heterocycles. The van der Waals surface area contributed by atoms with Crippen LogP contribution < -0.4 is 5.73 Å². The summed E-state index contributed by atoms with van der Waals surface area (Å²) in [6.07, 6.45) is 2.61. The third-order valence-electron chi connectivity index (χ3n) is 1.54. The molecule has 10 heavy (non-hydrogen) atoms. The summed E-state index contributed by atoms with van der Waals surface area (Å²) in [5.41, 5.74) is 5.57. The average Bonchev–Trinajstić information content (AvgIpc) is 1.98. The second-order valence-corrected chi connectivity index (χ2v) is 8.09. The van der Waals surface area contributed by atoms with Gasteiger partial charge >= 0.3 is 71.8 Å². The van der Waals surface area contributed by atoms with Crippen molar-refractivity contribution in [2.24, 2.45) is 5.73 Å². The molecule has 0 aromatic rings. The number of rotatable bonds is 5. The Kier molecular flexibility index (Phi) is 6.78. The Morgan fingerprint density at radius 2 is 2.10 bits per heavy atom. The van der Waals surface area contributed by atoms with Crippen LogP contribution in [0.5, 0.6) is 0 Å². The van der Waals surface area contributed by atoms with Crippen molar-refractivity contribution < 1.29 is 0 Å². The number of hydrogen-bond acceptors (Lipinski definition) is 2. The Labute approximate surface area is 71.9 Å².